The van der Waals surface area contributed by atoms with E-state index in [1.54, 1.807) is 0 Å². The molecule has 140 valence electrons. The van der Waals surface area contributed by atoms with Crippen molar-refractivity contribution in [3.8, 4) is 11.5 Å². The van der Waals surface area contributed by atoms with Gasteiger partial charge in [0.25, 0.3) is 0 Å². The Labute approximate surface area is 156 Å². The molecular formula is C21H21NO5. The second-order valence-corrected chi connectivity index (χ2v) is 7.48. The van der Waals surface area contributed by atoms with E-state index >= 15 is 0 Å². The van der Waals surface area contributed by atoms with Gasteiger partial charge >= 0.3 is 11.9 Å². The van der Waals surface area contributed by atoms with Crippen molar-refractivity contribution in [2.75, 3.05) is 0 Å². The number of carboxylic acid groups (broad SMARTS) is 2. The summed E-state index contributed by atoms with van der Waals surface area (Å²) in [6.07, 6.45) is 0.784. The minimum atomic E-state index is -1.49. The standard InChI is InChI=1S/C21H21NO5/c22-21(20(25)26,13-9-12(10-13)19(23)24)11-16-14-5-1-3-7-17(14)27-18-8-4-2-6-15(16)18/h1-8,12-13,16H,9-11,22H2,(H,23,24)(H,25,26). The summed E-state index contributed by atoms with van der Waals surface area (Å²) in [6.45, 7) is 0. The topological polar surface area (TPSA) is 110 Å². The Kier molecular flexibility index (Phi) is 4.15. The van der Waals surface area contributed by atoms with Crippen LogP contribution in [0.4, 0.5) is 0 Å². The summed E-state index contributed by atoms with van der Waals surface area (Å²) in [5.74, 6) is -1.67. The van der Waals surface area contributed by atoms with Gasteiger partial charge in [-0.3, -0.25) is 9.59 Å². The fraction of sp³-hybridized carbons (Fsp3) is 0.333. The lowest BCUT2D eigenvalue weighted by Gasteiger charge is -2.45. The van der Waals surface area contributed by atoms with Gasteiger partial charge in [0.2, 0.25) is 0 Å². The van der Waals surface area contributed by atoms with Crippen LogP contribution in [0.1, 0.15) is 36.3 Å². The zero-order valence-electron chi connectivity index (χ0n) is 14.7. The van der Waals surface area contributed by atoms with Gasteiger partial charge in [0, 0.05) is 17.0 Å². The number of ether oxygens (including phenoxy) is 1. The Morgan fingerprint density at radius 3 is 2.00 bits per heavy atom. The van der Waals surface area contributed by atoms with Crippen molar-refractivity contribution in [2.24, 2.45) is 17.6 Å². The van der Waals surface area contributed by atoms with Crippen LogP contribution in [0.5, 0.6) is 11.5 Å². The molecule has 1 fully saturated rings. The Morgan fingerprint density at radius 2 is 1.52 bits per heavy atom. The van der Waals surface area contributed by atoms with Crippen molar-refractivity contribution in [3.05, 3.63) is 59.7 Å². The van der Waals surface area contributed by atoms with E-state index in [4.69, 9.17) is 15.6 Å². The second kappa shape index (κ2) is 6.39. The first-order valence-corrected chi connectivity index (χ1v) is 9.01. The van der Waals surface area contributed by atoms with E-state index < -0.39 is 23.4 Å². The highest BCUT2D eigenvalue weighted by molar-refractivity contribution is 5.81. The average Bonchev–Trinajstić information content (AvgIpc) is 2.59. The van der Waals surface area contributed by atoms with Crippen LogP contribution in [-0.2, 0) is 9.59 Å². The van der Waals surface area contributed by atoms with Gasteiger partial charge in [0.1, 0.15) is 17.0 Å². The van der Waals surface area contributed by atoms with Gasteiger partial charge in [-0.05, 0) is 37.3 Å². The van der Waals surface area contributed by atoms with Gasteiger partial charge in [-0.15, -0.1) is 0 Å². The Hall–Kier alpha value is -2.86. The fourth-order valence-electron chi connectivity index (χ4n) is 4.24. The lowest BCUT2D eigenvalue weighted by atomic mass is 9.61. The van der Waals surface area contributed by atoms with Crippen molar-refractivity contribution in [1.29, 1.82) is 0 Å². The zero-order chi connectivity index (χ0) is 19.2. The summed E-state index contributed by atoms with van der Waals surface area (Å²) in [7, 11) is 0. The molecule has 0 saturated heterocycles. The average molecular weight is 367 g/mol. The van der Waals surface area contributed by atoms with Crippen molar-refractivity contribution >= 4 is 11.9 Å². The molecule has 1 unspecified atom stereocenters. The highest BCUT2D eigenvalue weighted by Gasteiger charge is 2.52. The molecule has 2 aliphatic rings. The van der Waals surface area contributed by atoms with E-state index in [0.29, 0.717) is 24.3 Å². The van der Waals surface area contributed by atoms with Crippen molar-refractivity contribution < 1.29 is 24.5 Å². The predicted octanol–water partition coefficient (Wildman–Crippen LogP) is 3.21. The first-order valence-electron chi connectivity index (χ1n) is 9.01. The lowest BCUT2D eigenvalue weighted by molar-refractivity contribution is -0.156. The highest BCUT2D eigenvalue weighted by atomic mass is 16.5. The number of benzene rings is 2. The van der Waals surface area contributed by atoms with E-state index in [2.05, 4.69) is 0 Å². The van der Waals surface area contributed by atoms with Crippen molar-refractivity contribution in [1.82, 2.24) is 0 Å². The van der Waals surface area contributed by atoms with E-state index in [-0.39, 0.29) is 18.3 Å². The summed E-state index contributed by atoms with van der Waals surface area (Å²) in [6, 6.07) is 15.1. The van der Waals surface area contributed by atoms with Gasteiger partial charge in [-0.1, -0.05) is 36.4 Å². The highest BCUT2D eigenvalue weighted by Crippen LogP contribution is 2.50. The molecule has 0 aromatic heterocycles. The SMILES string of the molecule is NC(CC1c2ccccc2Oc2ccccc21)(C(=O)O)C1CC(C(=O)O)C1. The minimum absolute atomic E-state index is 0.191. The number of hydrogen-bond donors (Lipinski definition) is 3. The fourth-order valence-corrected chi connectivity index (χ4v) is 4.24. The molecule has 2 aromatic rings. The lowest BCUT2D eigenvalue weighted by Crippen LogP contribution is -2.59. The normalized spacial score (nSPS) is 23.1. The van der Waals surface area contributed by atoms with Crippen LogP contribution in [0.2, 0.25) is 0 Å². The van der Waals surface area contributed by atoms with Crippen molar-refractivity contribution in [2.45, 2.75) is 30.7 Å². The molecule has 0 spiro atoms. The second-order valence-electron chi connectivity index (χ2n) is 7.48. The Bertz CT molecular complexity index is 859. The van der Waals surface area contributed by atoms with Gasteiger partial charge in [0.15, 0.2) is 0 Å². The van der Waals surface area contributed by atoms with Crippen LogP contribution in [0.3, 0.4) is 0 Å². The van der Waals surface area contributed by atoms with E-state index in [1.165, 1.54) is 0 Å². The van der Waals surface area contributed by atoms with Crippen molar-refractivity contribution in [3.63, 3.8) is 0 Å². The number of carbonyl (C=O) groups is 2. The largest absolute Gasteiger partial charge is 0.481 e. The molecule has 1 saturated carbocycles. The molecule has 1 atom stereocenters. The van der Waals surface area contributed by atoms with Gasteiger partial charge in [-0.2, -0.15) is 0 Å². The number of fused-ring (bicyclic) bond motifs is 2. The van der Waals surface area contributed by atoms with Crippen LogP contribution >= 0.6 is 0 Å². The first kappa shape index (κ1) is 17.5. The molecule has 0 bridgehead atoms. The maximum Gasteiger partial charge on any atom is 0.323 e. The summed E-state index contributed by atoms with van der Waals surface area (Å²) in [5.41, 5.74) is 6.74. The monoisotopic (exact) mass is 367 g/mol. The number of para-hydroxylation sites is 2. The maximum atomic E-state index is 12.1. The third kappa shape index (κ3) is 2.86. The van der Waals surface area contributed by atoms with E-state index in [9.17, 15) is 14.7 Å². The molecule has 6 nitrogen and oxygen atoms in total. The summed E-state index contributed by atoms with van der Waals surface area (Å²) >= 11 is 0. The minimum Gasteiger partial charge on any atom is -0.481 e. The maximum absolute atomic E-state index is 12.1. The van der Waals surface area contributed by atoms with E-state index in [0.717, 1.165) is 11.1 Å². The number of aliphatic carboxylic acids is 2. The molecule has 1 aliphatic heterocycles. The molecule has 4 N–H and O–H groups in total. The molecule has 2 aromatic carbocycles. The third-order valence-corrected chi connectivity index (χ3v) is 5.96. The van der Waals surface area contributed by atoms with Crippen LogP contribution in [0, 0.1) is 11.8 Å². The van der Waals surface area contributed by atoms with Crippen LogP contribution in [-0.4, -0.2) is 27.7 Å². The molecule has 1 heterocycles. The number of nitrogens with two attached hydrogens (primary N) is 1. The molecule has 0 amide bonds. The van der Waals surface area contributed by atoms with Crippen LogP contribution < -0.4 is 10.5 Å². The Morgan fingerprint density at radius 1 is 1.00 bits per heavy atom. The van der Waals surface area contributed by atoms with Crippen LogP contribution in [0.25, 0.3) is 0 Å². The van der Waals surface area contributed by atoms with E-state index in [1.807, 2.05) is 48.5 Å². The molecular weight excluding hydrogens is 346 g/mol. The quantitative estimate of drug-likeness (QED) is 0.748. The van der Waals surface area contributed by atoms with Crippen LogP contribution in [0.15, 0.2) is 48.5 Å². The molecule has 27 heavy (non-hydrogen) atoms. The molecule has 6 heteroatoms. The Balaban J connectivity index is 1.70. The summed E-state index contributed by atoms with van der Waals surface area (Å²) in [4.78, 5) is 23.3. The van der Waals surface area contributed by atoms with Gasteiger partial charge in [-0.25, -0.2) is 0 Å². The van der Waals surface area contributed by atoms with Gasteiger partial charge < -0.3 is 20.7 Å². The molecule has 1 aliphatic carbocycles. The summed E-state index contributed by atoms with van der Waals surface area (Å²) in [5, 5.41) is 19.0. The molecule has 4 rings (SSSR count). The molecule has 0 radical (unpaired) electrons. The number of rotatable bonds is 5. The number of carboxylic acids is 2. The first-order chi connectivity index (χ1) is 12.9. The summed E-state index contributed by atoms with van der Waals surface area (Å²) < 4.78 is 5.97. The zero-order valence-corrected chi connectivity index (χ0v) is 14.7. The third-order valence-electron chi connectivity index (χ3n) is 5.96. The predicted molar refractivity (Wildman–Crippen MR) is 97.8 cm³/mol. The van der Waals surface area contributed by atoms with Gasteiger partial charge in [0.05, 0.1) is 5.92 Å². The number of hydrogen-bond acceptors (Lipinski definition) is 4. The smallest absolute Gasteiger partial charge is 0.323 e.